The summed E-state index contributed by atoms with van der Waals surface area (Å²) in [6.07, 6.45) is 3.67. The van der Waals surface area contributed by atoms with E-state index < -0.39 is 24.0 Å². The van der Waals surface area contributed by atoms with Gasteiger partial charge in [-0.15, -0.1) is 0 Å². The lowest BCUT2D eigenvalue weighted by Gasteiger charge is -2.45. The van der Waals surface area contributed by atoms with Crippen LogP contribution >= 0.6 is 15.9 Å². The zero-order chi connectivity index (χ0) is 27.0. The second-order valence-electron chi connectivity index (χ2n) is 10.6. The average molecular weight is 589 g/mol. The van der Waals surface area contributed by atoms with Crippen molar-refractivity contribution in [3.8, 4) is 5.75 Å². The van der Waals surface area contributed by atoms with E-state index in [0.29, 0.717) is 62.7 Å². The molecule has 1 unspecified atom stereocenters. The fraction of sp³-hybridized carbons (Fsp3) is 0.593. The van der Waals surface area contributed by atoms with Crippen molar-refractivity contribution in [2.75, 3.05) is 13.1 Å². The third kappa shape index (κ3) is 5.04. The van der Waals surface area contributed by atoms with Crippen LogP contribution in [0.25, 0.3) is 0 Å². The molecule has 0 radical (unpaired) electrons. The van der Waals surface area contributed by atoms with Crippen molar-refractivity contribution < 1.29 is 28.8 Å². The Bertz CT molecular complexity index is 1230. The van der Waals surface area contributed by atoms with Gasteiger partial charge in [-0.2, -0.15) is 4.98 Å². The second kappa shape index (κ2) is 11.0. The van der Waals surface area contributed by atoms with Crippen molar-refractivity contribution in [3.63, 3.8) is 0 Å². The molecule has 2 fully saturated rings. The van der Waals surface area contributed by atoms with Crippen LogP contribution in [-0.2, 0) is 27.4 Å². The molecule has 1 saturated carbocycles. The van der Waals surface area contributed by atoms with E-state index in [2.05, 4.69) is 26.1 Å². The molecule has 10 nitrogen and oxygen atoms in total. The maximum absolute atomic E-state index is 14.0. The van der Waals surface area contributed by atoms with Crippen LogP contribution in [0.3, 0.4) is 0 Å². The number of carbonyl (C=O) groups is 3. The molecule has 3 aliphatic rings. The summed E-state index contributed by atoms with van der Waals surface area (Å²) in [6.45, 7) is 4.92. The number of hydrogen-bond acceptors (Lipinski definition) is 7. The molecule has 1 saturated heterocycles. The van der Waals surface area contributed by atoms with Gasteiger partial charge in [0, 0.05) is 35.5 Å². The van der Waals surface area contributed by atoms with Crippen molar-refractivity contribution in [2.45, 2.75) is 77.5 Å². The fourth-order valence-electron chi connectivity index (χ4n) is 5.91. The topological polar surface area (TPSA) is 126 Å². The van der Waals surface area contributed by atoms with Gasteiger partial charge in [0.1, 0.15) is 11.9 Å². The largest absolute Gasteiger partial charge is 0.485 e. The van der Waals surface area contributed by atoms with Crippen molar-refractivity contribution in [3.05, 3.63) is 39.4 Å². The third-order valence-electron chi connectivity index (χ3n) is 7.84. The molecule has 0 bridgehead atoms. The molecule has 1 aromatic heterocycles. The summed E-state index contributed by atoms with van der Waals surface area (Å²) in [5, 5.41) is 13.9. The lowest BCUT2D eigenvalue weighted by atomic mass is 9.78. The summed E-state index contributed by atoms with van der Waals surface area (Å²) in [4.78, 5) is 47.0. The van der Waals surface area contributed by atoms with Crippen molar-refractivity contribution in [2.24, 2.45) is 11.8 Å². The van der Waals surface area contributed by atoms with Gasteiger partial charge in [-0.1, -0.05) is 47.8 Å². The number of benzene rings is 1. The summed E-state index contributed by atoms with van der Waals surface area (Å²) in [7, 11) is 0. The van der Waals surface area contributed by atoms with Crippen LogP contribution in [0.5, 0.6) is 5.75 Å². The van der Waals surface area contributed by atoms with Gasteiger partial charge in [0.05, 0.1) is 11.8 Å². The number of hydrogen-bond donors (Lipinski definition) is 1. The SMILES string of the molecule is CC(C)c1nc(COc2ccc(Br)c3c2C(N2CCCC2=O)N(C(=O)[C@@H]2CCCC[C@@H]2C(=O)O)CC3)no1. The summed E-state index contributed by atoms with van der Waals surface area (Å²) < 4.78 is 12.4. The van der Waals surface area contributed by atoms with E-state index in [1.165, 1.54) is 0 Å². The number of ether oxygens (including phenoxy) is 1. The fourth-order valence-corrected chi connectivity index (χ4v) is 6.45. The van der Waals surface area contributed by atoms with Crippen molar-refractivity contribution in [1.29, 1.82) is 0 Å². The second-order valence-corrected chi connectivity index (χ2v) is 11.5. The lowest BCUT2D eigenvalue weighted by molar-refractivity contribution is -0.157. The van der Waals surface area contributed by atoms with E-state index in [-0.39, 0.29) is 24.3 Å². The number of rotatable bonds is 7. The Morgan fingerprint density at radius 3 is 2.58 bits per heavy atom. The number of carbonyl (C=O) groups excluding carboxylic acids is 2. The molecule has 1 N–H and O–H groups in total. The smallest absolute Gasteiger partial charge is 0.307 e. The van der Waals surface area contributed by atoms with E-state index in [0.717, 1.165) is 28.4 Å². The highest BCUT2D eigenvalue weighted by Crippen LogP contribution is 2.45. The Labute approximate surface area is 229 Å². The molecule has 2 amide bonds. The normalized spacial score (nSPS) is 23.6. The number of aromatic nitrogens is 2. The van der Waals surface area contributed by atoms with Gasteiger partial charge in [-0.05, 0) is 43.4 Å². The molecular formula is C27H33BrN4O6. The predicted octanol–water partition coefficient (Wildman–Crippen LogP) is 4.43. The standard InChI is InChI=1S/C27H33BrN4O6/c1-15(2)24-29-21(30-38-24)14-37-20-10-9-19(28)18-11-13-32(25(23(18)20)31-12-5-8-22(31)33)26(34)16-6-3-4-7-17(16)27(35)36/h9-10,15-17,25H,3-8,11-14H2,1-2H3,(H,35,36)/t16-,17+,25?/m1/s1. The quantitative estimate of drug-likeness (QED) is 0.503. The molecule has 11 heteroatoms. The highest BCUT2D eigenvalue weighted by atomic mass is 79.9. The van der Waals surface area contributed by atoms with Crippen molar-refractivity contribution >= 4 is 33.7 Å². The van der Waals surface area contributed by atoms with Gasteiger partial charge in [-0.25, -0.2) is 0 Å². The number of fused-ring (bicyclic) bond motifs is 1. The first-order chi connectivity index (χ1) is 18.3. The molecule has 1 aromatic carbocycles. The molecule has 38 heavy (non-hydrogen) atoms. The molecule has 2 aliphatic heterocycles. The van der Waals surface area contributed by atoms with Gasteiger partial charge >= 0.3 is 5.97 Å². The monoisotopic (exact) mass is 588 g/mol. The number of likely N-dealkylation sites (tertiary alicyclic amines) is 1. The van der Waals surface area contributed by atoms with Gasteiger partial charge in [-0.3, -0.25) is 14.4 Å². The number of carboxylic acids is 1. The maximum atomic E-state index is 14.0. The van der Waals surface area contributed by atoms with Gasteiger partial charge in [0.2, 0.25) is 23.5 Å². The van der Waals surface area contributed by atoms with Crippen molar-refractivity contribution in [1.82, 2.24) is 19.9 Å². The van der Waals surface area contributed by atoms with E-state index in [4.69, 9.17) is 9.26 Å². The Hall–Kier alpha value is -2.95. The highest BCUT2D eigenvalue weighted by Gasteiger charge is 2.45. The van der Waals surface area contributed by atoms with Crippen LogP contribution in [0.15, 0.2) is 21.1 Å². The zero-order valence-electron chi connectivity index (χ0n) is 21.7. The summed E-state index contributed by atoms with van der Waals surface area (Å²) in [5.41, 5.74) is 1.73. The predicted molar refractivity (Wildman–Crippen MR) is 139 cm³/mol. The molecule has 0 spiro atoms. The van der Waals surface area contributed by atoms with Crippen LogP contribution in [0, 0.1) is 11.8 Å². The minimum absolute atomic E-state index is 0.0234. The Morgan fingerprint density at radius 1 is 1.16 bits per heavy atom. The first kappa shape index (κ1) is 26.6. The Morgan fingerprint density at radius 2 is 1.92 bits per heavy atom. The summed E-state index contributed by atoms with van der Waals surface area (Å²) >= 11 is 3.67. The minimum Gasteiger partial charge on any atom is -0.485 e. The molecule has 3 heterocycles. The van der Waals surface area contributed by atoms with E-state index in [9.17, 15) is 19.5 Å². The van der Waals surface area contributed by atoms with E-state index >= 15 is 0 Å². The van der Waals surface area contributed by atoms with Crippen LogP contribution in [0.1, 0.15) is 87.3 Å². The van der Waals surface area contributed by atoms with Crippen LogP contribution in [0.4, 0.5) is 0 Å². The molecular weight excluding hydrogens is 556 g/mol. The van der Waals surface area contributed by atoms with Crippen LogP contribution in [-0.4, -0.2) is 55.9 Å². The highest BCUT2D eigenvalue weighted by molar-refractivity contribution is 9.10. The first-order valence-electron chi connectivity index (χ1n) is 13.4. The zero-order valence-corrected chi connectivity index (χ0v) is 23.3. The van der Waals surface area contributed by atoms with Crippen LogP contribution in [0.2, 0.25) is 0 Å². The number of amides is 2. The third-order valence-corrected chi connectivity index (χ3v) is 8.58. The molecule has 2 aromatic rings. The van der Waals surface area contributed by atoms with Gasteiger partial charge in [0.25, 0.3) is 0 Å². The lowest BCUT2D eigenvalue weighted by Crippen LogP contribution is -2.52. The number of aliphatic carboxylic acids is 1. The summed E-state index contributed by atoms with van der Waals surface area (Å²) in [6, 6.07) is 3.74. The average Bonchev–Trinajstić information content (AvgIpc) is 3.56. The summed E-state index contributed by atoms with van der Waals surface area (Å²) in [5.74, 6) is -0.887. The maximum Gasteiger partial charge on any atom is 0.307 e. The molecule has 5 rings (SSSR count). The van der Waals surface area contributed by atoms with E-state index in [1.54, 1.807) is 9.80 Å². The number of halogens is 1. The molecule has 1 aliphatic carbocycles. The van der Waals surface area contributed by atoms with Gasteiger partial charge < -0.3 is 24.2 Å². The molecule has 3 atom stereocenters. The minimum atomic E-state index is -0.929. The number of nitrogens with zero attached hydrogens (tertiary/aromatic N) is 4. The first-order valence-corrected chi connectivity index (χ1v) is 14.1. The van der Waals surface area contributed by atoms with Crippen LogP contribution < -0.4 is 4.74 Å². The van der Waals surface area contributed by atoms with E-state index in [1.807, 2.05) is 26.0 Å². The van der Waals surface area contributed by atoms with Gasteiger partial charge in [0.15, 0.2) is 6.61 Å². The number of carboxylic acid groups (broad SMARTS) is 1. The molecule has 204 valence electrons. The Kier molecular flexibility index (Phi) is 7.74. The Balaban J connectivity index is 1.51.